The molecule has 2 aromatic carbocycles. The van der Waals surface area contributed by atoms with Crippen LogP contribution < -0.4 is 4.74 Å². The van der Waals surface area contributed by atoms with Gasteiger partial charge in [0.25, 0.3) is 0 Å². The third-order valence-electron chi connectivity index (χ3n) is 5.47. The number of methoxy groups -OCH3 is 1. The van der Waals surface area contributed by atoms with Crippen molar-refractivity contribution in [1.29, 1.82) is 0 Å². The first kappa shape index (κ1) is 20.1. The first-order chi connectivity index (χ1) is 13.8. The lowest BCUT2D eigenvalue weighted by atomic mass is 10.0. The number of benzene rings is 2. The van der Waals surface area contributed by atoms with Gasteiger partial charge in [-0.25, -0.2) is 8.42 Å². The normalized spacial score (nSPS) is 25.4. The van der Waals surface area contributed by atoms with E-state index >= 15 is 4.39 Å². The van der Waals surface area contributed by atoms with E-state index in [2.05, 4.69) is 15.9 Å². The number of piperidine rings is 1. The Hall–Kier alpha value is -2.19. The predicted octanol–water partition coefficient (Wildman–Crippen LogP) is 3.84. The molecule has 0 aromatic heterocycles. The van der Waals surface area contributed by atoms with Crippen LogP contribution in [0.3, 0.4) is 0 Å². The highest BCUT2D eigenvalue weighted by atomic mass is 79.9. The van der Waals surface area contributed by atoms with Crippen molar-refractivity contribution < 1.29 is 22.3 Å². The van der Waals surface area contributed by atoms with E-state index in [1.54, 1.807) is 42.3 Å². The van der Waals surface area contributed by atoms with Gasteiger partial charge in [-0.2, -0.15) is 4.39 Å². The van der Waals surface area contributed by atoms with Gasteiger partial charge in [-0.3, -0.25) is 4.79 Å². The van der Waals surface area contributed by atoms with Crippen LogP contribution in [0.5, 0.6) is 5.75 Å². The Kier molecular flexibility index (Phi) is 5.25. The zero-order valence-electron chi connectivity index (χ0n) is 15.6. The summed E-state index contributed by atoms with van der Waals surface area (Å²) in [7, 11) is -2.68. The maximum absolute atomic E-state index is 15.3. The molecule has 2 bridgehead atoms. The van der Waals surface area contributed by atoms with E-state index in [-0.39, 0.29) is 34.2 Å². The lowest BCUT2D eigenvalue weighted by Crippen LogP contribution is -2.39. The molecule has 4 rings (SSSR count). The van der Waals surface area contributed by atoms with Gasteiger partial charge in [0.2, 0.25) is 20.9 Å². The Morgan fingerprint density at radius 1 is 1.17 bits per heavy atom. The first-order valence-corrected chi connectivity index (χ1v) is 11.5. The number of alkyl halides is 1. The highest BCUT2D eigenvalue weighted by Crippen LogP contribution is 2.49. The maximum Gasteiger partial charge on any atom is 0.233 e. The van der Waals surface area contributed by atoms with Crippen molar-refractivity contribution in [3.63, 3.8) is 0 Å². The largest absolute Gasteiger partial charge is 0.497 e. The summed E-state index contributed by atoms with van der Waals surface area (Å²) in [6, 6.07) is 14.1. The van der Waals surface area contributed by atoms with Crippen LogP contribution in [0.1, 0.15) is 12.0 Å². The number of likely N-dealkylation sites (tertiary alicyclic amines) is 1. The maximum atomic E-state index is 15.3. The fraction of sp³-hybridized carbons (Fsp3) is 0.286. The summed E-state index contributed by atoms with van der Waals surface area (Å²) < 4.78 is 45.9. The number of halogens is 2. The summed E-state index contributed by atoms with van der Waals surface area (Å²) >= 11 is 3.50. The van der Waals surface area contributed by atoms with E-state index in [0.717, 1.165) is 5.56 Å². The van der Waals surface area contributed by atoms with Gasteiger partial charge in [-0.15, -0.1) is 0 Å². The molecular weight excluding hydrogens is 461 g/mol. The van der Waals surface area contributed by atoms with Crippen molar-refractivity contribution in [2.24, 2.45) is 5.92 Å². The molecule has 1 aliphatic heterocycles. The molecule has 2 aromatic rings. The molecular formula is C21H19BrFNO4S. The summed E-state index contributed by atoms with van der Waals surface area (Å²) in [4.78, 5) is 13.9. The molecule has 2 aliphatic rings. The number of hydrogen-bond acceptors (Lipinski definition) is 4. The standard InChI is InChI=1S/C21H19BrFNO4S/c1-28-14-9-7-13(8-10-14)12-24-19-17(11-16(18(19)22)21(24)25)20(23)29(26,27)15-5-3-2-4-6-15/h2-10,16,18-19H,11-12H2,1H3/t16-,18+,19+/m0/s1. The molecule has 0 radical (unpaired) electrons. The molecule has 1 saturated heterocycles. The van der Waals surface area contributed by atoms with Gasteiger partial charge < -0.3 is 9.64 Å². The molecule has 3 atom stereocenters. The molecule has 152 valence electrons. The molecule has 29 heavy (non-hydrogen) atoms. The highest BCUT2D eigenvalue weighted by Gasteiger charge is 2.56. The van der Waals surface area contributed by atoms with E-state index in [9.17, 15) is 13.2 Å². The number of ether oxygens (including phenoxy) is 1. The molecule has 1 aliphatic carbocycles. The number of carbonyl (C=O) groups is 1. The Bertz CT molecular complexity index is 1070. The molecule has 0 spiro atoms. The van der Waals surface area contributed by atoms with E-state index in [4.69, 9.17) is 4.74 Å². The second-order valence-electron chi connectivity index (χ2n) is 7.13. The summed E-state index contributed by atoms with van der Waals surface area (Å²) in [5.74, 6) is 0.133. The summed E-state index contributed by atoms with van der Waals surface area (Å²) in [5, 5.41) is -1.15. The summed E-state index contributed by atoms with van der Waals surface area (Å²) in [6.07, 6.45) is 0.108. The fourth-order valence-electron chi connectivity index (χ4n) is 3.99. The third-order valence-corrected chi connectivity index (χ3v) is 8.24. The molecule has 1 amide bonds. The smallest absolute Gasteiger partial charge is 0.233 e. The van der Waals surface area contributed by atoms with Crippen molar-refractivity contribution in [3.05, 3.63) is 70.9 Å². The molecule has 2 fully saturated rings. The zero-order chi connectivity index (χ0) is 20.8. The average molecular weight is 480 g/mol. The van der Waals surface area contributed by atoms with Crippen LogP contribution in [0, 0.1) is 5.92 Å². The number of amides is 1. The Balaban J connectivity index is 1.68. The molecule has 0 N–H and O–H groups in total. The van der Waals surface area contributed by atoms with Crippen LogP contribution in [0.2, 0.25) is 0 Å². The Labute approximate surface area is 177 Å². The highest BCUT2D eigenvalue weighted by molar-refractivity contribution is 9.09. The zero-order valence-corrected chi connectivity index (χ0v) is 18.0. The van der Waals surface area contributed by atoms with Crippen molar-refractivity contribution in [1.82, 2.24) is 4.90 Å². The van der Waals surface area contributed by atoms with Crippen LogP contribution in [0.15, 0.2) is 70.2 Å². The van der Waals surface area contributed by atoms with Gasteiger partial charge in [0, 0.05) is 12.1 Å². The van der Waals surface area contributed by atoms with Gasteiger partial charge in [-0.05, 0) is 36.2 Å². The van der Waals surface area contributed by atoms with Gasteiger partial charge in [-0.1, -0.05) is 46.3 Å². The monoisotopic (exact) mass is 479 g/mol. The third kappa shape index (κ3) is 3.38. The Morgan fingerprint density at radius 2 is 1.83 bits per heavy atom. The summed E-state index contributed by atoms with van der Waals surface area (Å²) in [6.45, 7) is 0.272. The Morgan fingerprint density at radius 3 is 2.41 bits per heavy atom. The molecule has 0 unspecified atom stereocenters. The lowest BCUT2D eigenvalue weighted by Gasteiger charge is -2.29. The SMILES string of the molecule is COc1ccc(CN2C(=O)[C@H]3CC(=C(F)S(=O)(=O)c4ccccc4)[C@@H]2[C@@H]3Br)cc1. The van der Waals surface area contributed by atoms with E-state index in [1.165, 1.54) is 12.1 Å². The minimum atomic E-state index is -4.25. The first-order valence-electron chi connectivity index (χ1n) is 9.10. The van der Waals surface area contributed by atoms with Crippen LogP contribution in [0.25, 0.3) is 0 Å². The molecule has 8 heteroatoms. The number of nitrogens with zero attached hydrogens (tertiary/aromatic N) is 1. The number of carbonyl (C=O) groups excluding carboxylic acids is 1. The molecule has 1 heterocycles. The topological polar surface area (TPSA) is 63.7 Å². The lowest BCUT2D eigenvalue weighted by molar-refractivity contribution is -0.133. The number of fused-ring (bicyclic) bond motifs is 2. The van der Waals surface area contributed by atoms with E-state index < -0.39 is 27.0 Å². The number of sulfone groups is 1. The second-order valence-corrected chi connectivity index (χ2v) is 10.0. The van der Waals surface area contributed by atoms with Gasteiger partial charge >= 0.3 is 0 Å². The van der Waals surface area contributed by atoms with Crippen molar-refractivity contribution >= 4 is 31.7 Å². The predicted molar refractivity (Wildman–Crippen MR) is 110 cm³/mol. The van der Waals surface area contributed by atoms with Crippen LogP contribution >= 0.6 is 15.9 Å². The average Bonchev–Trinajstić information content (AvgIpc) is 3.18. The van der Waals surface area contributed by atoms with Crippen molar-refractivity contribution in [2.45, 2.75) is 28.7 Å². The van der Waals surface area contributed by atoms with Crippen LogP contribution in [-0.2, 0) is 21.2 Å². The van der Waals surface area contributed by atoms with Gasteiger partial charge in [0.1, 0.15) is 5.75 Å². The van der Waals surface area contributed by atoms with E-state index in [1.807, 2.05) is 12.1 Å². The van der Waals surface area contributed by atoms with E-state index in [0.29, 0.717) is 5.75 Å². The van der Waals surface area contributed by atoms with Crippen LogP contribution in [-0.4, -0.2) is 37.2 Å². The minimum Gasteiger partial charge on any atom is -0.497 e. The van der Waals surface area contributed by atoms with Gasteiger partial charge in [0.05, 0.1) is 28.8 Å². The molecule has 1 saturated carbocycles. The number of rotatable bonds is 5. The molecule has 5 nitrogen and oxygen atoms in total. The quantitative estimate of drug-likeness (QED) is 0.611. The van der Waals surface area contributed by atoms with Crippen LogP contribution in [0.4, 0.5) is 4.39 Å². The second kappa shape index (κ2) is 7.57. The minimum absolute atomic E-state index is 0.0908. The van der Waals surface area contributed by atoms with Crippen molar-refractivity contribution in [2.75, 3.05) is 7.11 Å². The number of hydrogen-bond donors (Lipinski definition) is 0. The summed E-state index contributed by atoms with van der Waals surface area (Å²) in [5.41, 5.74) is 1.02. The fourth-order valence-corrected chi connectivity index (χ4v) is 6.28. The van der Waals surface area contributed by atoms with Gasteiger partial charge in [0.15, 0.2) is 0 Å². The van der Waals surface area contributed by atoms with Crippen molar-refractivity contribution in [3.8, 4) is 5.75 Å².